The maximum absolute atomic E-state index is 9.55. The summed E-state index contributed by atoms with van der Waals surface area (Å²) in [4.78, 5) is 2.45. The van der Waals surface area contributed by atoms with E-state index in [-0.39, 0.29) is 5.92 Å². The molecule has 1 aromatic rings. The Hall–Kier alpha value is -1.33. The summed E-state index contributed by atoms with van der Waals surface area (Å²) in [6, 6.07) is 6.92. The predicted molar refractivity (Wildman–Crippen MR) is 79.3 cm³/mol. The second-order valence-corrected chi connectivity index (χ2v) is 5.86. The SMILES string of the molecule is Cc1cc(C)c(C(C#N)CN2CCCCC2)c(C)c1. The van der Waals surface area contributed by atoms with E-state index >= 15 is 0 Å². The van der Waals surface area contributed by atoms with Crippen LogP contribution < -0.4 is 0 Å². The molecule has 0 amide bonds. The summed E-state index contributed by atoms with van der Waals surface area (Å²) >= 11 is 0. The first kappa shape index (κ1) is 14.1. The Kier molecular flexibility index (Phi) is 4.61. The molecule has 19 heavy (non-hydrogen) atoms. The van der Waals surface area contributed by atoms with Crippen LogP contribution in [-0.2, 0) is 0 Å². The molecule has 1 unspecified atom stereocenters. The van der Waals surface area contributed by atoms with Gasteiger partial charge in [-0.2, -0.15) is 5.26 Å². The van der Waals surface area contributed by atoms with E-state index in [4.69, 9.17) is 0 Å². The highest BCUT2D eigenvalue weighted by atomic mass is 15.1. The number of piperidine rings is 1. The molecule has 1 aliphatic heterocycles. The Bertz CT molecular complexity index is 456. The monoisotopic (exact) mass is 256 g/mol. The second kappa shape index (κ2) is 6.21. The van der Waals surface area contributed by atoms with Crippen LogP contribution in [0.1, 0.15) is 47.4 Å². The molecular formula is C17H24N2. The van der Waals surface area contributed by atoms with Crippen LogP contribution in [0.5, 0.6) is 0 Å². The Morgan fingerprint density at radius 2 is 1.68 bits per heavy atom. The summed E-state index contributed by atoms with van der Waals surface area (Å²) in [6.45, 7) is 9.59. The van der Waals surface area contributed by atoms with Gasteiger partial charge in [0.2, 0.25) is 0 Å². The summed E-state index contributed by atoms with van der Waals surface area (Å²) < 4.78 is 0. The van der Waals surface area contributed by atoms with E-state index in [1.807, 2.05) is 0 Å². The van der Waals surface area contributed by atoms with Crippen molar-refractivity contribution >= 4 is 0 Å². The van der Waals surface area contributed by atoms with Crippen LogP contribution in [-0.4, -0.2) is 24.5 Å². The van der Waals surface area contributed by atoms with E-state index in [0.717, 1.165) is 19.6 Å². The van der Waals surface area contributed by atoms with Crippen molar-refractivity contribution in [3.8, 4) is 6.07 Å². The number of benzene rings is 1. The van der Waals surface area contributed by atoms with Gasteiger partial charge in [-0.05, 0) is 63.4 Å². The topological polar surface area (TPSA) is 27.0 Å². The van der Waals surface area contributed by atoms with Crippen molar-refractivity contribution in [2.24, 2.45) is 0 Å². The summed E-state index contributed by atoms with van der Waals surface area (Å²) in [5, 5.41) is 9.55. The predicted octanol–water partition coefficient (Wildman–Crippen LogP) is 3.70. The molecule has 0 aliphatic carbocycles. The lowest BCUT2D eigenvalue weighted by Gasteiger charge is -2.29. The number of hydrogen-bond acceptors (Lipinski definition) is 2. The maximum atomic E-state index is 9.55. The molecule has 1 heterocycles. The minimum Gasteiger partial charge on any atom is -0.302 e. The molecule has 0 bridgehead atoms. The summed E-state index contributed by atoms with van der Waals surface area (Å²) in [5.74, 6) is 0.0127. The van der Waals surface area contributed by atoms with E-state index < -0.39 is 0 Å². The standard InChI is InChI=1S/C17H24N2/c1-13-9-14(2)17(15(3)10-13)16(11-18)12-19-7-5-4-6-8-19/h9-10,16H,4-8,12H2,1-3H3. The molecule has 1 fully saturated rings. The summed E-state index contributed by atoms with van der Waals surface area (Å²) in [7, 11) is 0. The van der Waals surface area contributed by atoms with Gasteiger partial charge in [-0.15, -0.1) is 0 Å². The third-order valence-electron chi connectivity index (χ3n) is 4.13. The highest BCUT2D eigenvalue weighted by molar-refractivity contribution is 5.42. The van der Waals surface area contributed by atoms with Crippen molar-refractivity contribution in [2.75, 3.05) is 19.6 Å². The lowest BCUT2D eigenvalue weighted by Crippen LogP contribution is -2.33. The molecule has 0 saturated carbocycles. The van der Waals surface area contributed by atoms with E-state index in [9.17, 15) is 5.26 Å². The molecule has 0 spiro atoms. The highest BCUT2D eigenvalue weighted by Gasteiger charge is 2.20. The number of nitrogens with zero attached hydrogens (tertiary/aromatic N) is 2. The normalized spacial score (nSPS) is 18.0. The van der Waals surface area contributed by atoms with Gasteiger partial charge in [-0.1, -0.05) is 24.1 Å². The highest BCUT2D eigenvalue weighted by Crippen LogP contribution is 2.26. The van der Waals surface area contributed by atoms with Crippen molar-refractivity contribution in [1.29, 1.82) is 5.26 Å². The number of aryl methyl sites for hydroxylation is 3. The Balaban J connectivity index is 2.20. The van der Waals surface area contributed by atoms with Gasteiger partial charge in [0.15, 0.2) is 0 Å². The lowest BCUT2D eigenvalue weighted by molar-refractivity contribution is 0.225. The molecule has 1 aliphatic rings. The average Bonchev–Trinajstić information content (AvgIpc) is 2.37. The third-order valence-corrected chi connectivity index (χ3v) is 4.13. The van der Waals surface area contributed by atoms with Crippen molar-refractivity contribution in [3.05, 3.63) is 34.4 Å². The van der Waals surface area contributed by atoms with Crippen LogP contribution in [0.3, 0.4) is 0 Å². The van der Waals surface area contributed by atoms with Gasteiger partial charge in [0, 0.05) is 6.54 Å². The van der Waals surface area contributed by atoms with Gasteiger partial charge in [-0.25, -0.2) is 0 Å². The first-order chi connectivity index (χ1) is 9.11. The molecule has 0 aromatic heterocycles. The van der Waals surface area contributed by atoms with Crippen LogP contribution in [0.15, 0.2) is 12.1 Å². The van der Waals surface area contributed by atoms with Crippen molar-refractivity contribution in [3.63, 3.8) is 0 Å². The fraction of sp³-hybridized carbons (Fsp3) is 0.588. The van der Waals surface area contributed by atoms with Gasteiger partial charge in [0.05, 0.1) is 12.0 Å². The van der Waals surface area contributed by atoms with E-state index in [0.29, 0.717) is 0 Å². The van der Waals surface area contributed by atoms with E-state index in [2.05, 4.69) is 43.9 Å². The van der Waals surface area contributed by atoms with Crippen LogP contribution in [0.25, 0.3) is 0 Å². The Morgan fingerprint density at radius 1 is 1.11 bits per heavy atom. The van der Waals surface area contributed by atoms with Crippen LogP contribution in [0.4, 0.5) is 0 Å². The smallest absolute Gasteiger partial charge is 0.0844 e. The quantitative estimate of drug-likeness (QED) is 0.824. The molecule has 2 heteroatoms. The number of rotatable bonds is 3. The molecule has 0 radical (unpaired) electrons. The van der Waals surface area contributed by atoms with E-state index in [1.54, 1.807) is 0 Å². The Morgan fingerprint density at radius 3 is 2.21 bits per heavy atom. The fourth-order valence-electron chi connectivity index (χ4n) is 3.34. The first-order valence-electron chi connectivity index (χ1n) is 7.31. The first-order valence-corrected chi connectivity index (χ1v) is 7.31. The molecule has 0 N–H and O–H groups in total. The largest absolute Gasteiger partial charge is 0.302 e. The summed E-state index contributed by atoms with van der Waals surface area (Å²) in [5.41, 5.74) is 5.06. The lowest BCUT2D eigenvalue weighted by atomic mass is 9.89. The molecule has 2 rings (SSSR count). The third kappa shape index (κ3) is 3.36. The summed E-state index contributed by atoms with van der Waals surface area (Å²) in [6.07, 6.45) is 3.91. The zero-order valence-electron chi connectivity index (χ0n) is 12.4. The van der Waals surface area contributed by atoms with Crippen molar-refractivity contribution in [1.82, 2.24) is 4.90 Å². The van der Waals surface area contributed by atoms with Crippen molar-refractivity contribution < 1.29 is 0 Å². The number of nitriles is 1. The zero-order chi connectivity index (χ0) is 13.8. The zero-order valence-corrected chi connectivity index (χ0v) is 12.4. The van der Waals surface area contributed by atoms with Gasteiger partial charge in [0.25, 0.3) is 0 Å². The molecule has 1 saturated heterocycles. The minimum absolute atomic E-state index is 0.0127. The number of hydrogen-bond donors (Lipinski definition) is 0. The van der Waals surface area contributed by atoms with Crippen LogP contribution in [0.2, 0.25) is 0 Å². The Labute approximate surface area is 117 Å². The van der Waals surface area contributed by atoms with Gasteiger partial charge < -0.3 is 4.90 Å². The minimum atomic E-state index is 0.0127. The van der Waals surface area contributed by atoms with E-state index in [1.165, 1.54) is 41.5 Å². The maximum Gasteiger partial charge on any atom is 0.0844 e. The van der Waals surface area contributed by atoms with Gasteiger partial charge in [-0.3, -0.25) is 0 Å². The fourth-order valence-corrected chi connectivity index (χ4v) is 3.34. The van der Waals surface area contributed by atoms with Crippen LogP contribution >= 0.6 is 0 Å². The second-order valence-electron chi connectivity index (χ2n) is 5.86. The van der Waals surface area contributed by atoms with Gasteiger partial charge >= 0.3 is 0 Å². The molecule has 1 atom stereocenters. The molecule has 2 nitrogen and oxygen atoms in total. The van der Waals surface area contributed by atoms with Gasteiger partial charge in [0.1, 0.15) is 0 Å². The average molecular weight is 256 g/mol. The number of likely N-dealkylation sites (tertiary alicyclic amines) is 1. The van der Waals surface area contributed by atoms with Crippen molar-refractivity contribution in [2.45, 2.75) is 46.0 Å². The van der Waals surface area contributed by atoms with Crippen LogP contribution in [0, 0.1) is 32.1 Å². The molecule has 102 valence electrons. The molecular weight excluding hydrogens is 232 g/mol. The molecule has 1 aromatic carbocycles.